The number of hydrogen-bond donors (Lipinski definition) is 2. The molecule has 0 aliphatic rings. The van der Waals surface area contributed by atoms with Crippen LogP contribution in [-0.2, 0) is 0 Å². The van der Waals surface area contributed by atoms with Gasteiger partial charge in [0.05, 0.1) is 17.4 Å². The summed E-state index contributed by atoms with van der Waals surface area (Å²) in [6, 6.07) is 21.2. The second-order valence-electron chi connectivity index (χ2n) is 7.44. The van der Waals surface area contributed by atoms with Crippen molar-refractivity contribution >= 4 is 35.4 Å². The second kappa shape index (κ2) is 11.2. The van der Waals surface area contributed by atoms with Crippen LogP contribution in [0.3, 0.4) is 0 Å². The Labute approximate surface area is 209 Å². The van der Waals surface area contributed by atoms with Crippen molar-refractivity contribution in [1.82, 2.24) is 5.43 Å². The van der Waals surface area contributed by atoms with Crippen molar-refractivity contribution in [2.24, 2.45) is 5.10 Å². The van der Waals surface area contributed by atoms with E-state index >= 15 is 0 Å². The molecule has 0 radical (unpaired) electrons. The van der Waals surface area contributed by atoms with E-state index in [4.69, 9.17) is 9.15 Å². The third-order valence-electron chi connectivity index (χ3n) is 4.94. The highest BCUT2D eigenvalue weighted by molar-refractivity contribution is 6.04. The lowest BCUT2D eigenvalue weighted by Crippen LogP contribution is -2.18. The molecule has 0 unspecified atom stereocenters. The molecule has 0 saturated heterocycles. The molecule has 4 rings (SSSR count). The van der Waals surface area contributed by atoms with E-state index in [9.17, 15) is 24.5 Å². The van der Waals surface area contributed by atoms with Crippen LogP contribution in [0.1, 0.15) is 36.8 Å². The number of nitrogens with zero attached hydrogens (tertiary/aromatic N) is 2. The van der Waals surface area contributed by atoms with Crippen molar-refractivity contribution in [2.45, 2.75) is 0 Å². The van der Waals surface area contributed by atoms with Crippen molar-refractivity contribution in [1.29, 1.82) is 0 Å². The first-order valence-corrected chi connectivity index (χ1v) is 10.7. The molecule has 2 N–H and O–H groups in total. The number of hydrazone groups is 1. The summed E-state index contributed by atoms with van der Waals surface area (Å²) >= 11 is 0. The van der Waals surface area contributed by atoms with Gasteiger partial charge >= 0.3 is 5.97 Å². The molecule has 1 aromatic heterocycles. The number of benzene rings is 3. The van der Waals surface area contributed by atoms with Crippen molar-refractivity contribution in [3.8, 4) is 5.75 Å². The Bertz CT molecular complexity index is 1460. The predicted molar refractivity (Wildman–Crippen MR) is 133 cm³/mol. The molecular formula is C26H18N4O7. The van der Waals surface area contributed by atoms with E-state index in [2.05, 4.69) is 15.8 Å². The summed E-state index contributed by atoms with van der Waals surface area (Å²) in [5, 5.41) is 17.7. The molecule has 2 amide bonds. The lowest BCUT2D eigenvalue weighted by atomic mass is 10.1. The zero-order valence-electron chi connectivity index (χ0n) is 19.0. The lowest BCUT2D eigenvalue weighted by molar-refractivity contribution is -0.384. The van der Waals surface area contributed by atoms with Gasteiger partial charge in [-0.25, -0.2) is 10.2 Å². The third-order valence-corrected chi connectivity index (χ3v) is 4.94. The van der Waals surface area contributed by atoms with Crippen molar-refractivity contribution in [3.63, 3.8) is 0 Å². The number of hydrogen-bond acceptors (Lipinski definition) is 8. The number of esters is 1. The Hall–Kier alpha value is -5.58. The van der Waals surface area contributed by atoms with Gasteiger partial charge < -0.3 is 14.5 Å². The first-order valence-electron chi connectivity index (χ1n) is 10.7. The highest BCUT2D eigenvalue weighted by Crippen LogP contribution is 2.24. The molecule has 184 valence electrons. The van der Waals surface area contributed by atoms with Crippen LogP contribution < -0.4 is 15.5 Å². The average Bonchev–Trinajstić information content (AvgIpc) is 3.45. The van der Waals surface area contributed by atoms with Crippen molar-refractivity contribution in [2.75, 3.05) is 5.32 Å². The minimum Gasteiger partial charge on any atom is -0.457 e. The fraction of sp³-hybridized carbons (Fsp3) is 0. The SMILES string of the molecule is O=C(N/N=C/c1cc([N+](=O)[O-])ccc1OC(=O)c1ccco1)c1ccc(NC(=O)c2ccccc2)cc1. The van der Waals surface area contributed by atoms with Gasteiger partial charge in [0, 0.05) is 34.5 Å². The van der Waals surface area contributed by atoms with Crippen LogP contribution in [0.25, 0.3) is 0 Å². The van der Waals surface area contributed by atoms with Gasteiger partial charge in [-0.05, 0) is 54.6 Å². The quantitative estimate of drug-likeness (QED) is 0.120. The highest BCUT2D eigenvalue weighted by atomic mass is 16.6. The van der Waals surface area contributed by atoms with E-state index in [0.717, 1.165) is 12.3 Å². The normalized spacial score (nSPS) is 10.6. The first-order chi connectivity index (χ1) is 17.9. The van der Waals surface area contributed by atoms with Crippen LogP contribution in [0.4, 0.5) is 11.4 Å². The number of nitrogens with one attached hydrogen (secondary N) is 2. The maximum absolute atomic E-state index is 12.5. The highest BCUT2D eigenvalue weighted by Gasteiger charge is 2.17. The van der Waals surface area contributed by atoms with Gasteiger partial charge in [0.15, 0.2) is 0 Å². The molecular weight excluding hydrogens is 480 g/mol. The summed E-state index contributed by atoms with van der Waals surface area (Å²) in [7, 11) is 0. The first kappa shape index (κ1) is 24.5. The molecule has 11 nitrogen and oxygen atoms in total. The lowest BCUT2D eigenvalue weighted by Gasteiger charge is -2.07. The van der Waals surface area contributed by atoms with Crippen LogP contribution >= 0.6 is 0 Å². The van der Waals surface area contributed by atoms with Gasteiger partial charge in [-0.2, -0.15) is 5.10 Å². The molecule has 0 bridgehead atoms. The summed E-state index contributed by atoms with van der Waals surface area (Å²) in [5.41, 5.74) is 3.35. The van der Waals surface area contributed by atoms with E-state index in [0.29, 0.717) is 11.3 Å². The number of nitro benzene ring substituents is 1. The summed E-state index contributed by atoms with van der Waals surface area (Å²) in [6.07, 6.45) is 2.41. The molecule has 0 saturated carbocycles. The molecule has 11 heteroatoms. The maximum atomic E-state index is 12.5. The van der Waals surface area contributed by atoms with Gasteiger partial charge in [-0.3, -0.25) is 19.7 Å². The molecule has 0 aliphatic carbocycles. The van der Waals surface area contributed by atoms with Crippen molar-refractivity contribution < 1.29 is 28.5 Å². The number of non-ortho nitro benzene ring substituents is 1. The van der Waals surface area contributed by atoms with Gasteiger partial charge in [0.25, 0.3) is 17.5 Å². The van der Waals surface area contributed by atoms with E-state index < -0.39 is 16.8 Å². The van der Waals surface area contributed by atoms with Crippen LogP contribution in [-0.4, -0.2) is 28.9 Å². The largest absolute Gasteiger partial charge is 0.457 e. The van der Waals surface area contributed by atoms with E-state index in [1.807, 2.05) is 0 Å². The zero-order chi connectivity index (χ0) is 26.2. The smallest absolute Gasteiger partial charge is 0.379 e. The summed E-state index contributed by atoms with van der Waals surface area (Å²) < 4.78 is 10.2. The van der Waals surface area contributed by atoms with Gasteiger partial charge in [-0.15, -0.1) is 0 Å². The third kappa shape index (κ3) is 6.31. The Morgan fingerprint density at radius 3 is 2.30 bits per heavy atom. The number of furan rings is 1. The van der Waals surface area contributed by atoms with Gasteiger partial charge in [0.1, 0.15) is 5.75 Å². The summed E-state index contributed by atoms with van der Waals surface area (Å²) in [6.45, 7) is 0. The number of amides is 2. The topological polar surface area (TPSA) is 153 Å². The summed E-state index contributed by atoms with van der Waals surface area (Å²) in [4.78, 5) is 47.4. The zero-order valence-corrected chi connectivity index (χ0v) is 19.0. The van der Waals surface area contributed by atoms with Crippen LogP contribution in [0, 0.1) is 10.1 Å². The van der Waals surface area contributed by atoms with Gasteiger partial charge in [0.2, 0.25) is 5.76 Å². The average molecular weight is 498 g/mol. The summed E-state index contributed by atoms with van der Waals surface area (Å²) in [5.74, 6) is -1.75. The number of anilines is 1. The Morgan fingerprint density at radius 2 is 1.62 bits per heavy atom. The fourth-order valence-corrected chi connectivity index (χ4v) is 3.11. The molecule has 4 aromatic rings. The molecule has 1 heterocycles. The van der Waals surface area contributed by atoms with Crippen LogP contribution in [0.5, 0.6) is 5.75 Å². The minimum absolute atomic E-state index is 0.0245. The van der Waals surface area contributed by atoms with Crippen molar-refractivity contribution in [3.05, 3.63) is 124 Å². The standard InChI is InChI=1S/C26H18N4O7/c31-24(17-5-2-1-3-6-17)28-20-10-8-18(9-11-20)25(32)29-27-16-19-15-21(30(34)35)12-13-22(19)37-26(33)23-7-4-14-36-23/h1-16H,(H,28,31)(H,29,32)/b27-16+. The van der Waals surface area contributed by atoms with Gasteiger partial charge in [-0.1, -0.05) is 18.2 Å². The molecule has 37 heavy (non-hydrogen) atoms. The number of ether oxygens (including phenoxy) is 1. The predicted octanol–water partition coefficient (Wildman–Crippen LogP) is 4.42. The maximum Gasteiger partial charge on any atom is 0.379 e. The second-order valence-corrected chi connectivity index (χ2v) is 7.44. The van der Waals surface area contributed by atoms with E-state index in [-0.39, 0.29) is 34.2 Å². The van der Waals surface area contributed by atoms with E-state index in [1.165, 1.54) is 42.7 Å². The molecule has 0 atom stereocenters. The number of nitro groups is 1. The number of carbonyl (C=O) groups excluding carboxylic acids is 3. The van der Waals surface area contributed by atoms with Crippen LogP contribution in [0.2, 0.25) is 0 Å². The Morgan fingerprint density at radius 1 is 0.892 bits per heavy atom. The fourth-order valence-electron chi connectivity index (χ4n) is 3.11. The Balaban J connectivity index is 1.42. The molecule has 0 aliphatic heterocycles. The molecule has 0 fully saturated rings. The Kier molecular flexibility index (Phi) is 7.45. The monoisotopic (exact) mass is 498 g/mol. The number of carbonyl (C=O) groups is 3. The molecule has 0 spiro atoms. The van der Waals surface area contributed by atoms with E-state index in [1.54, 1.807) is 42.5 Å². The molecule has 3 aromatic carbocycles. The van der Waals surface area contributed by atoms with Crippen LogP contribution in [0.15, 0.2) is 101 Å². The number of rotatable bonds is 8. The minimum atomic E-state index is -0.808.